The highest BCUT2D eigenvalue weighted by molar-refractivity contribution is 6.09. The van der Waals surface area contributed by atoms with Crippen LogP contribution in [0.15, 0.2) is 42.5 Å². The van der Waals surface area contributed by atoms with Gasteiger partial charge in [0.25, 0.3) is 0 Å². The number of ketones is 1. The zero-order valence-corrected chi connectivity index (χ0v) is 10.5. The van der Waals surface area contributed by atoms with Crippen molar-refractivity contribution in [3.63, 3.8) is 0 Å². The molecule has 0 aliphatic heterocycles. The van der Waals surface area contributed by atoms with Crippen molar-refractivity contribution in [2.75, 3.05) is 0 Å². The molecule has 2 aromatic carbocycles. The summed E-state index contributed by atoms with van der Waals surface area (Å²) in [6.07, 6.45) is 0.586. The molecule has 0 aliphatic carbocycles. The highest BCUT2D eigenvalue weighted by atomic mass is 19.1. The summed E-state index contributed by atoms with van der Waals surface area (Å²) in [6, 6.07) is 12.3. The third kappa shape index (κ3) is 2.33. The van der Waals surface area contributed by atoms with Crippen LogP contribution >= 0.6 is 0 Å². The van der Waals surface area contributed by atoms with E-state index in [1.807, 2.05) is 25.1 Å². The molecule has 0 atom stereocenters. The van der Waals surface area contributed by atoms with Crippen molar-refractivity contribution in [3.8, 4) is 0 Å². The van der Waals surface area contributed by atoms with Gasteiger partial charge in [-0.3, -0.25) is 4.79 Å². The highest BCUT2D eigenvalue weighted by Gasteiger charge is 2.13. The summed E-state index contributed by atoms with van der Waals surface area (Å²) < 4.78 is 13.7. The van der Waals surface area contributed by atoms with Gasteiger partial charge in [0.1, 0.15) is 5.82 Å². The molecule has 0 amide bonds. The van der Waals surface area contributed by atoms with Gasteiger partial charge in [0.2, 0.25) is 0 Å². The minimum atomic E-state index is -0.206. The molecule has 2 rings (SSSR count). The molecule has 92 valence electrons. The Morgan fingerprint density at radius 3 is 2.39 bits per heavy atom. The van der Waals surface area contributed by atoms with Crippen molar-refractivity contribution in [3.05, 3.63) is 70.5 Å². The molecule has 1 nitrogen and oxygen atoms in total. The van der Waals surface area contributed by atoms with Gasteiger partial charge in [0.15, 0.2) is 5.78 Å². The van der Waals surface area contributed by atoms with Gasteiger partial charge in [-0.25, -0.2) is 4.39 Å². The Morgan fingerprint density at radius 1 is 1.11 bits per heavy atom. The first-order valence-electron chi connectivity index (χ1n) is 6.02. The average molecular weight is 242 g/mol. The van der Waals surface area contributed by atoms with Crippen LogP contribution in [-0.4, -0.2) is 5.78 Å². The van der Waals surface area contributed by atoms with Crippen LogP contribution in [0.5, 0.6) is 0 Å². The number of benzene rings is 2. The highest BCUT2D eigenvalue weighted by Crippen LogP contribution is 2.18. The third-order valence-electron chi connectivity index (χ3n) is 3.01. The second kappa shape index (κ2) is 5.13. The fourth-order valence-corrected chi connectivity index (χ4v) is 1.99. The number of aryl methyl sites for hydroxylation is 2. The normalized spacial score (nSPS) is 10.4. The van der Waals surface area contributed by atoms with Crippen LogP contribution < -0.4 is 0 Å². The minimum Gasteiger partial charge on any atom is -0.289 e. The molecule has 0 aliphatic rings. The van der Waals surface area contributed by atoms with Crippen molar-refractivity contribution in [2.45, 2.75) is 20.3 Å². The van der Waals surface area contributed by atoms with E-state index in [1.54, 1.807) is 31.2 Å². The lowest BCUT2D eigenvalue weighted by Crippen LogP contribution is -2.04. The van der Waals surface area contributed by atoms with Gasteiger partial charge in [0.05, 0.1) is 0 Å². The van der Waals surface area contributed by atoms with Gasteiger partial charge in [-0.05, 0) is 36.6 Å². The second-order valence-electron chi connectivity index (χ2n) is 4.31. The molecule has 0 bridgehead atoms. The van der Waals surface area contributed by atoms with Crippen molar-refractivity contribution in [1.82, 2.24) is 0 Å². The molecule has 0 N–H and O–H groups in total. The summed E-state index contributed by atoms with van der Waals surface area (Å²) in [5.74, 6) is -0.268. The zero-order chi connectivity index (χ0) is 13.1. The van der Waals surface area contributed by atoms with E-state index in [9.17, 15) is 9.18 Å². The lowest BCUT2D eigenvalue weighted by atomic mass is 9.97. The van der Waals surface area contributed by atoms with Crippen molar-refractivity contribution in [1.29, 1.82) is 0 Å². The molecule has 0 unspecified atom stereocenters. The predicted octanol–water partition coefficient (Wildman–Crippen LogP) is 3.93. The monoisotopic (exact) mass is 242 g/mol. The summed E-state index contributed by atoms with van der Waals surface area (Å²) in [6.45, 7) is 3.57. The maximum Gasteiger partial charge on any atom is 0.193 e. The van der Waals surface area contributed by atoms with Crippen molar-refractivity contribution >= 4 is 5.78 Å². The molecule has 2 heteroatoms. The van der Waals surface area contributed by atoms with E-state index in [0.717, 1.165) is 0 Å². The number of carbonyl (C=O) groups excluding carboxylic acids is 1. The molecular weight excluding hydrogens is 227 g/mol. The Hall–Kier alpha value is -1.96. The number of halogens is 1. The van der Waals surface area contributed by atoms with Gasteiger partial charge in [-0.1, -0.05) is 37.3 Å². The van der Waals surface area contributed by atoms with E-state index in [-0.39, 0.29) is 11.6 Å². The Balaban J connectivity index is 2.46. The lowest BCUT2D eigenvalue weighted by molar-refractivity contribution is 0.103. The van der Waals surface area contributed by atoms with Gasteiger partial charge in [0, 0.05) is 11.1 Å². The quantitative estimate of drug-likeness (QED) is 0.745. The van der Waals surface area contributed by atoms with Crippen LogP contribution in [0.1, 0.15) is 34.0 Å². The minimum absolute atomic E-state index is 0.0617. The summed E-state index contributed by atoms with van der Waals surface area (Å²) >= 11 is 0. The number of carbonyl (C=O) groups is 1. The summed E-state index contributed by atoms with van der Waals surface area (Å²) in [4.78, 5) is 12.3. The van der Waals surface area contributed by atoms with Crippen LogP contribution in [-0.2, 0) is 6.42 Å². The maximum absolute atomic E-state index is 13.7. The van der Waals surface area contributed by atoms with E-state index in [1.165, 1.54) is 0 Å². The van der Waals surface area contributed by atoms with E-state index in [0.29, 0.717) is 28.7 Å². The van der Waals surface area contributed by atoms with E-state index < -0.39 is 0 Å². The fraction of sp³-hybridized carbons (Fsp3) is 0.188. The van der Waals surface area contributed by atoms with Gasteiger partial charge in [-0.15, -0.1) is 0 Å². The Morgan fingerprint density at radius 2 is 1.78 bits per heavy atom. The molecule has 0 aromatic heterocycles. The van der Waals surface area contributed by atoms with Crippen LogP contribution in [0.2, 0.25) is 0 Å². The predicted molar refractivity (Wildman–Crippen MR) is 70.4 cm³/mol. The molecule has 0 radical (unpaired) electrons. The SMILES string of the molecule is CCc1cc(C(=O)c2ccccc2)cc(C)c1F. The smallest absolute Gasteiger partial charge is 0.193 e. The molecule has 0 fully saturated rings. The lowest BCUT2D eigenvalue weighted by Gasteiger charge is -2.07. The first-order chi connectivity index (χ1) is 8.63. The maximum atomic E-state index is 13.7. The first-order valence-corrected chi connectivity index (χ1v) is 6.02. The van der Waals surface area contributed by atoms with Crippen molar-refractivity contribution in [2.24, 2.45) is 0 Å². The van der Waals surface area contributed by atoms with E-state index in [4.69, 9.17) is 0 Å². The standard InChI is InChI=1S/C16H15FO/c1-3-12-10-14(9-11(2)15(12)17)16(18)13-7-5-4-6-8-13/h4-10H,3H2,1-2H3. The summed E-state index contributed by atoms with van der Waals surface area (Å²) in [5.41, 5.74) is 2.30. The van der Waals surface area contributed by atoms with Gasteiger partial charge >= 0.3 is 0 Å². The zero-order valence-electron chi connectivity index (χ0n) is 10.5. The first kappa shape index (κ1) is 12.5. The Bertz CT molecular complexity index is 573. The van der Waals surface area contributed by atoms with E-state index in [2.05, 4.69) is 0 Å². The number of hydrogen-bond donors (Lipinski definition) is 0. The second-order valence-corrected chi connectivity index (χ2v) is 4.31. The van der Waals surface area contributed by atoms with Crippen LogP contribution in [0.3, 0.4) is 0 Å². The number of rotatable bonds is 3. The Labute approximate surface area is 106 Å². The fourth-order valence-electron chi connectivity index (χ4n) is 1.99. The van der Waals surface area contributed by atoms with Gasteiger partial charge in [-0.2, -0.15) is 0 Å². The van der Waals surface area contributed by atoms with Gasteiger partial charge < -0.3 is 0 Å². The molecule has 0 heterocycles. The molecule has 2 aromatic rings. The largest absolute Gasteiger partial charge is 0.289 e. The summed E-state index contributed by atoms with van der Waals surface area (Å²) in [7, 11) is 0. The topological polar surface area (TPSA) is 17.1 Å². The van der Waals surface area contributed by atoms with Crippen molar-refractivity contribution < 1.29 is 9.18 Å². The Kier molecular flexibility index (Phi) is 3.56. The molecule has 0 spiro atoms. The molecular formula is C16H15FO. The molecule has 0 saturated carbocycles. The van der Waals surface area contributed by atoms with Crippen LogP contribution in [0.25, 0.3) is 0 Å². The third-order valence-corrected chi connectivity index (χ3v) is 3.01. The molecule has 0 saturated heterocycles. The average Bonchev–Trinajstić information content (AvgIpc) is 2.42. The molecule has 18 heavy (non-hydrogen) atoms. The van der Waals surface area contributed by atoms with Crippen LogP contribution in [0.4, 0.5) is 4.39 Å². The van der Waals surface area contributed by atoms with E-state index >= 15 is 0 Å². The number of hydrogen-bond acceptors (Lipinski definition) is 1. The summed E-state index contributed by atoms with van der Waals surface area (Å²) in [5, 5.41) is 0. The van der Waals surface area contributed by atoms with Crippen LogP contribution in [0, 0.1) is 12.7 Å².